The number of hydrogen-bond acceptors (Lipinski definition) is 2. The summed E-state index contributed by atoms with van der Waals surface area (Å²) in [5.41, 5.74) is 0. The zero-order chi connectivity index (χ0) is 9.72. The maximum absolute atomic E-state index is 11.2. The Bertz CT molecular complexity index is 179. The second-order valence-corrected chi connectivity index (χ2v) is 2.85. The summed E-state index contributed by atoms with van der Waals surface area (Å²) in [6.07, 6.45) is 0.0830. The number of hydrogen-bond donors (Lipinski definition) is 1. The van der Waals surface area contributed by atoms with Crippen LogP contribution >= 0.6 is 0 Å². The van der Waals surface area contributed by atoms with Gasteiger partial charge in [0.05, 0.1) is 5.92 Å². The van der Waals surface area contributed by atoms with Crippen molar-refractivity contribution in [2.45, 2.75) is 20.3 Å². The molecule has 0 bridgehead atoms. The lowest BCUT2D eigenvalue weighted by molar-refractivity contribution is -0.144. The largest absolute Gasteiger partial charge is 0.481 e. The maximum atomic E-state index is 11.2. The van der Waals surface area contributed by atoms with E-state index in [0.717, 1.165) is 0 Å². The molecule has 1 unspecified atom stereocenters. The summed E-state index contributed by atoms with van der Waals surface area (Å²) in [4.78, 5) is 23.0. The van der Waals surface area contributed by atoms with Crippen molar-refractivity contribution in [1.82, 2.24) is 4.90 Å². The molecule has 0 heterocycles. The van der Waals surface area contributed by atoms with Crippen LogP contribution in [0.25, 0.3) is 0 Å². The molecule has 4 nitrogen and oxygen atoms in total. The van der Waals surface area contributed by atoms with Crippen molar-refractivity contribution in [3.05, 3.63) is 0 Å². The van der Waals surface area contributed by atoms with Gasteiger partial charge in [-0.25, -0.2) is 0 Å². The Morgan fingerprint density at radius 3 is 2.33 bits per heavy atom. The highest BCUT2D eigenvalue weighted by Gasteiger charge is 2.17. The Balaban J connectivity index is 3.92. The SMILES string of the molecule is CCN(C)C(=O)CC(C)C(=O)O. The number of carboxylic acid groups (broad SMARTS) is 1. The molecule has 0 rings (SSSR count). The molecule has 0 aromatic carbocycles. The Morgan fingerprint density at radius 2 is 2.00 bits per heavy atom. The van der Waals surface area contributed by atoms with E-state index in [9.17, 15) is 9.59 Å². The number of nitrogens with zero attached hydrogens (tertiary/aromatic N) is 1. The third kappa shape index (κ3) is 3.37. The fourth-order valence-electron chi connectivity index (χ4n) is 0.681. The first kappa shape index (κ1) is 10.9. The van der Waals surface area contributed by atoms with Crippen LogP contribution in [0.15, 0.2) is 0 Å². The molecule has 70 valence electrons. The second-order valence-electron chi connectivity index (χ2n) is 2.85. The fraction of sp³-hybridized carbons (Fsp3) is 0.750. The summed E-state index contributed by atoms with van der Waals surface area (Å²) in [7, 11) is 1.66. The van der Waals surface area contributed by atoms with Gasteiger partial charge in [-0.2, -0.15) is 0 Å². The molecule has 0 radical (unpaired) electrons. The molecule has 0 fully saturated rings. The molecule has 1 atom stereocenters. The van der Waals surface area contributed by atoms with Crippen molar-refractivity contribution in [3.63, 3.8) is 0 Å². The number of rotatable bonds is 4. The highest BCUT2D eigenvalue weighted by Crippen LogP contribution is 2.03. The number of carbonyl (C=O) groups is 2. The van der Waals surface area contributed by atoms with Crippen molar-refractivity contribution < 1.29 is 14.7 Å². The van der Waals surface area contributed by atoms with Crippen LogP contribution in [0.1, 0.15) is 20.3 Å². The monoisotopic (exact) mass is 173 g/mol. The molecule has 0 saturated carbocycles. The van der Waals surface area contributed by atoms with Crippen LogP contribution in [-0.4, -0.2) is 35.5 Å². The molecule has 1 amide bonds. The Morgan fingerprint density at radius 1 is 1.50 bits per heavy atom. The Labute approximate surface area is 72.2 Å². The Hall–Kier alpha value is -1.06. The van der Waals surface area contributed by atoms with Gasteiger partial charge in [0.2, 0.25) is 5.91 Å². The summed E-state index contributed by atoms with van der Waals surface area (Å²) >= 11 is 0. The van der Waals surface area contributed by atoms with Crippen LogP contribution < -0.4 is 0 Å². The van der Waals surface area contributed by atoms with E-state index < -0.39 is 11.9 Å². The lowest BCUT2D eigenvalue weighted by atomic mass is 10.1. The fourth-order valence-corrected chi connectivity index (χ4v) is 0.681. The van der Waals surface area contributed by atoms with E-state index in [-0.39, 0.29) is 12.3 Å². The quantitative estimate of drug-likeness (QED) is 0.676. The maximum Gasteiger partial charge on any atom is 0.306 e. The van der Waals surface area contributed by atoms with Crippen molar-refractivity contribution in [3.8, 4) is 0 Å². The summed E-state index contributed by atoms with van der Waals surface area (Å²) in [5, 5.41) is 8.51. The summed E-state index contributed by atoms with van der Waals surface area (Å²) < 4.78 is 0. The van der Waals surface area contributed by atoms with Crippen molar-refractivity contribution >= 4 is 11.9 Å². The van der Waals surface area contributed by atoms with E-state index in [1.165, 1.54) is 11.8 Å². The molecule has 0 saturated heterocycles. The zero-order valence-electron chi connectivity index (χ0n) is 7.70. The normalized spacial score (nSPS) is 12.2. The molecule has 1 N–H and O–H groups in total. The van der Waals surface area contributed by atoms with Gasteiger partial charge in [0.1, 0.15) is 0 Å². The van der Waals surface area contributed by atoms with Gasteiger partial charge in [-0.15, -0.1) is 0 Å². The molecular formula is C8H15NO3. The number of amides is 1. The number of carbonyl (C=O) groups excluding carboxylic acids is 1. The summed E-state index contributed by atoms with van der Waals surface area (Å²) in [6.45, 7) is 4.00. The molecule has 4 heteroatoms. The summed E-state index contributed by atoms with van der Waals surface area (Å²) in [6, 6.07) is 0. The van der Waals surface area contributed by atoms with Crippen LogP contribution in [-0.2, 0) is 9.59 Å². The zero-order valence-corrected chi connectivity index (χ0v) is 7.70. The molecule has 0 aliphatic carbocycles. The van der Waals surface area contributed by atoms with Gasteiger partial charge in [-0.1, -0.05) is 6.92 Å². The molecular weight excluding hydrogens is 158 g/mol. The number of aliphatic carboxylic acids is 1. The van der Waals surface area contributed by atoms with Crippen LogP contribution in [0.5, 0.6) is 0 Å². The highest BCUT2D eigenvalue weighted by molar-refractivity contribution is 5.81. The van der Waals surface area contributed by atoms with Gasteiger partial charge >= 0.3 is 5.97 Å². The van der Waals surface area contributed by atoms with E-state index >= 15 is 0 Å². The van der Waals surface area contributed by atoms with Gasteiger partial charge in [0.15, 0.2) is 0 Å². The second kappa shape index (κ2) is 4.74. The molecule has 12 heavy (non-hydrogen) atoms. The first-order valence-corrected chi connectivity index (χ1v) is 3.95. The average molecular weight is 173 g/mol. The van der Waals surface area contributed by atoms with Crippen LogP contribution in [0.3, 0.4) is 0 Å². The first-order chi connectivity index (χ1) is 5.49. The minimum atomic E-state index is -0.923. The minimum Gasteiger partial charge on any atom is -0.481 e. The lowest BCUT2D eigenvalue weighted by Gasteiger charge is -2.15. The van der Waals surface area contributed by atoms with Crippen molar-refractivity contribution in [2.24, 2.45) is 5.92 Å². The third-order valence-electron chi connectivity index (χ3n) is 1.80. The van der Waals surface area contributed by atoms with E-state index in [1.807, 2.05) is 6.92 Å². The van der Waals surface area contributed by atoms with Crippen LogP contribution in [0, 0.1) is 5.92 Å². The van der Waals surface area contributed by atoms with E-state index in [4.69, 9.17) is 5.11 Å². The van der Waals surface area contributed by atoms with E-state index in [2.05, 4.69) is 0 Å². The van der Waals surface area contributed by atoms with Crippen LogP contribution in [0.4, 0.5) is 0 Å². The average Bonchev–Trinajstić information content (AvgIpc) is 2.02. The first-order valence-electron chi connectivity index (χ1n) is 3.95. The Kier molecular flexibility index (Phi) is 4.33. The molecule has 0 aromatic heterocycles. The van der Waals surface area contributed by atoms with Gasteiger partial charge in [-0.05, 0) is 6.92 Å². The molecule has 0 aliphatic heterocycles. The minimum absolute atomic E-state index is 0.0830. The smallest absolute Gasteiger partial charge is 0.306 e. The predicted octanol–water partition coefficient (Wildman–Crippen LogP) is 0.575. The van der Waals surface area contributed by atoms with E-state index in [1.54, 1.807) is 7.05 Å². The van der Waals surface area contributed by atoms with Gasteiger partial charge in [0.25, 0.3) is 0 Å². The lowest BCUT2D eigenvalue weighted by Crippen LogP contribution is -2.29. The molecule has 0 spiro atoms. The molecule has 0 aromatic rings. The van der Waals surface area contributed by atoms with Gasteiger partial charge in [0, 0.05) is 20.0 Å². The highest BCUT2D eigenvalue weighted by atomic mass is 16.4. The topological polar surface area (TPSA) is 57.6 Å². The van der Waals surface area contributed by atoms with E-state index in [0.29, 0.717) is 6.54 Å². The third-order valence-corrected chi connectivity index (χ3v) is 1.80. The van der Waals surface area contributed by atoms with Crippen molar-refractivity contribution in [2.75, 3.05) is 13.6 Å². The molecule has 0 aliphatic rings. The van der Waals surface area contributed by atoms with Gasteiger partial charge in [-0.3, -0.25) is 9.59 Å². The summed E-state index contributed by atoms with van der Waals surface area (Å²) in [5.74, 6) is -1.63. The number of carboxylic acids is 1. The standard InChI is InChI=1S/C8H15NO3/c1-4-9(3)7(10)5-6(2)8(11)12/h6H,4-5H2,1-3H3,(H,11,12). The predicted molar refractivity (Wildman–Crippen MR) is 44.7 cm³/mol. The van der Waals surface area contributed by atoms with Gasteiger partial charge < -0.3 is 10.0 Å². The van der Waals surface area contributed by atoms with Crippen LogP contribution in [0.2, 0.25) is 0 Å². The van der Waals surface area contributed by atoms with Crippen molar-refractivity contribution in [1.29, 1.82) is 0 Å².